The van der Waals surface area contributed by atoms with Crippen molar-refractivity contribution in [1.82, 2.24) is 4.90 Å². The van der Waals surface area contributed by atoms with E-state index in [1.807, 2.05) is 36.4 Å². The van der Waals surface area contributed by atoms with Crippen LogP contribution in [0.4, 0.5) is 21.0 Å². The van der Waals surface area contributed by atoms with Crippen LogP contribution in [0.5, 0.6) is 0 Å². The number of likely N-dealkylation sites (tertiary alicyclic amines) is 1. The number of rotatable bonds is 19. The molecule has 62 heavy (non-hydrogen) atoms. The van der Waals surface area contributed by atoms with Gasteiger partial charge in [-0.15, -0.1) is 0 Å². The molecule has 5 aromatic carbocycles. The minimum atomic E-state index is -4.83. The second kappa shape index (κ2) is 19.7. The van der Waals surface area contributed by atoms with Gasteiger partial charge in [0, 0.05) is 0 Å². The average Bonchev–Trinajstić information content (AvgIpc) is 3.29. The van der Waals surface area contributed by atoms with Gasteiger partial charge in [0.2, 0.25) is 0 Å². The maximum atomic E-state index is 15.9. The van der Waals surface area contributed by atoms with Crippen LogP contribution in [0.3, 0.4) is 0 Å². The van der Waals surface area contributed by atoms with Crippen LogP contribution in [0.2, 0.25) is 0 Å². The zero-order chi connectivity index (χ0) is 44.5. The molecule has 1 fully saturated rings. The van der Waals surface area contributed by atoms with Crippen LogP contribution in [0, 0.1) is 26.1 Å². The molecule has 17 heteroatoms. The molecule has 0 aliphatic carbocycles. The summed E-state index contributed by atoms with van der Waals surface area (Å²) in [4.78, 5) is 82.0. The Morgan fingerprint density at radius 3 is 1.53 bits per heavy atom. The molecule has 5 aromatic rings. The van der Waals surface area contributed by atoms with Gasteiger partial charge in [-0.1, -0.05) is 6.07 Å². The van der Waals surface area contributed by atoms with E-state index >= 15 is 4.79 Å². The second-order valence-electron chi connectivity index (χ2n) is 14.5. The summed E-state index contributed by atoms with van der Waals surface area (Å²) in [6, 6.07) is 37.8. The van der Waals surface area contributed by atoms with Crippen molar-refractivity contribution in [3.63, 3.8) is 0 Å². The molecule has 6 rings (SSSR count). The van der Waals surface area contributed by atoms with Gasteiger partial charge in [0.25, 0.3) is 0 Å². The molecule has 0 N–H and O–H groups in total. The second-order valence-corrected chi connectivity index (χ2v) is 21.5. The van der Waals surface area contributed by atoms with Gasteiger partial charge in [0.15, 0.2) is 0 Å². The summed E-state index contributed by atoms with van der Waals surface area (Å²) in [7, 11) is 0. The zero-order valence-electron chi connectivity index (χ0n) is 34.0. The molecular formula is C45H44N3O11PS2. The number of hydrogen-bond acceptors (Lipinski definition) is 13. The molecule has 14 nitrogen and oxygen atoms in total. The molecule has 0 bridgehead atoms. The van der Waals surface area contributed by atoms with E-state index in [4.69, 9.17) is 14.2 Å². The van der Waals surface area contributed by atoms with E-state index in [0.29, 0.717) is 15.9 Å². The Hall–Kier alpha value is -6.09. The number of para-hydroxylation sites is 2. The monoisotopic (exact) mass is 897 g/mol. The quantitative estimate of drug-likeness (QED) is 0.0193. The molecular weight excluding hydrogens is 854 g/mol. The summed E-state index contributed by atoms with van der Waals surface area (Å²) < 4.78 is 16.8. The minimum absolute atomic E-state index is 0.138. The SMILES string of the molecule is CSC(SC)C(=O)CC1C(C(C)OC(=O)OCc2ccccc2[N+](=O)[O-])C(=O)N1CP(C(=O)OCc1ccccc1[N+](=O)[O-])(c1ccccc1)(c1ccccc1)c1ccccc1. The first-order valence-electron chi connectivity index (χ1n) is 19.4. The van der Waals surface area contributed by atoms with E-state index in [1.54, 1.807) is 79.2 Å². The van der Waals surface area contributed by atoms with Gasteiger partial charge >= 0.3 is 352 Å². The van der Waals surface area contributed by atoms with Gasteiger partial charge in [-0.25, -0.2) is 0 Å². The van der Waals surface area contributed by atoms with Crippen LogP contribution in [-0.2, 0) is 37.0 Å². The van der Waals surface area contributed by atoms with E-state index in [1.165, 1.54) is 71.7 Å². The summed E-state index contributed by atoms with van der Waals surface area (Å²) in [5.74, 6) is -1.74. The predicted octanol–water partition coefficient (Wildman–Crippen LogP) is 8.21. The fourth-order valence-electron chi connectivity index (χ4n) is 8.16. The van der Waals surface area contributed by atoms with Crippen LogP contribution in [0.25, 0.3) is 0 Å². The summed E-state index contributed by atoms with van der Waals surface area (Å²) in [5, 5.41) is 25.2. The third-order valence-corrected chi connectivity index (χ3v) is 19.8. The van der Waals surface area contributed by atoms with E-state index < -0.39 is 70.1 Å². The number of carbonyl (C=O) groups excluding carboxylic acids is 4. The van der Waals surface area contributed by atoms with Crippen LogP contribution in [-0.4, -0.2) is 73.8 Å². The van der Waals surface area contributed by atoms with E-state index in [0.717, 1.165) is 0 Å². The number of nitrogens with zero attached hydrogens (tertiary/aromatic N) is 3. The fraction of sp³-hybridized carbons (Fsp3) is 0.244. The molecule has 1 aliphatic rings. The number of amides is 1. The van der Waals surface area contributed by atoms with Crippen LogP contribution < -0.4 is 15.9 Å². The molecule has 3 unspecified atom stereocenters. The van der Waals surface area contributed by atoms with Crippen molar-refractivity contribution in [2.75, 3.05) is 18.8 Å². The topological polar surface area (TPSA) is 185 Å². The van der Waals surface area contributed by atoms with Crippen molar-refractivity contribution >= 4 is 81.0 Å². The average molecular weight is 898 g/mol. The van der Waals surface area contributed by atoms with Crippen LogP contribution >= 0.6 is 30.1 Å². The molecule has 322 valence electrons. The first-order valence-corrected chi connectivity index (χ1v) is 24.4. The number of carbonyl (C=O) groups is 4. The number of benzene rings is 5. The van der Waals surface area contributed by atoms with Crippen molar-refractivity contribution in [3.05, 3.63) is 171 Å². The van der Waals surface area contributed by atoms with Crippen molar-refractivity contribution in [2.45, 2.75) is 43.3 Å². The number of ketones is 1. The Bertz CT molecular complexity index is 2340. The maximum absolute atomic E-state index is 15.9. The van der Waals surface area contributed by atoms with E-state index in [2.05, 4.69) is 0 Å². The summed E-state index contributed by atoms with van der Waals surface area (Å²) in [5.41, 5.74) is -0.885. The molecule has 0 saturated carbocycles. The summed E-state index contributed by atoms with van der Waals surface area (Å²) >= 11 is 2.69. The van der Waals surface area contributed by atoms with Crippen LogP contribution in [0.15, 0.2) is 140 Å². The number of nitro groups is 2. The van der Waals surface area contributed by atoms with Gasteiger partial charge < -0.3 is 0 Å². The Kier molecular flexibility index (Phi) is 14.5. The van der Waals surface area contributed by atoms with Crippen molar-refractivity contribution in [1.29, 1.82) is 0 Å². The Balaban J connectivity index is 1.47. The van der Waals surface area contributed by atoms with Gasteiger partial charge in [-0.05, 0) is 0 Å². The Morgan fingerprint density at radius 2 is 1.10 bits per heavy atom. The molecule has 0 radical (unpaired) electrons. The Labute approximate surface area is 366 Å². The molecule has 0 spiro atoms. The van der Waals surface area contributed by atoms with Gasteiger partial charge in [0.05, 0.1) is 0 Å². The van der Waals surface area contributed by atoms with Crippen molar-refractivity contribution in [2.24, 2.45) is 5.92 Å². The zero-order valence-corrected chi connectivity index (χ0v) is 36.5. The molecule has 1 heterocycles. The number of nitro benzene ring substituents is 2. The molecule has 0 aromatic heterocycles. The van der Waals surface area contributed by atoms with Gasteiger partial charge in [0.1, 0.15) is 0 Å². The first kappa shape index (κ1) is 45.4. The molecule has 1 amide bonds. The fourth-order valence-corrected chi connectivity index (χ4v) is 15.6. The predicted molar refractivity (Wildman–Crippen MR) is 242 cm³/mol. The van der Waals surface area contributed by atoms with Gasteiger partial charge in [-0.2, -0.15) is 0 Å². The number of thioether (sulfide) groups is 2. The number of hydrogen-bond donors (Lipinski definition) is 0. The molecule has 1 saturated heterocycles. The third kappa shape index (κ3) is 8.67. The van der Waals surface area contributed by atoms with Crippen LogP contribution in [0.1, 0.15) is 24.5 Å². The van der Waals surface area contributed by atoms with E-state index in [9.17, 15) is 34.6 Å². The number of Topliss-reactive ketones (excluding diaryl/α,β-unsaturated/α-hetero) is 1. The number of ether oxygens (including phenoxy) is 3. The first-order chi connectivity index (χ1) is 29.9. The van der Waals surface area contributed by atoms with E-state index in [-0.39, 0.29) is 41.0 Å². The number of β-lactam (4-membered cyclic amide) rings is 1. The third-order valence-electron chi connectivity index (χ3n) is 11.2. The van der Waals surface area contributed by atoms with Gasteiger partial charge in [-0.3, -0.25) is 10.1 Å². The summed E-state index contributed by atoms with van der Waals surface area (Å²) in [6.45, 7) is -4.25. The molecule has 1 aliphatic heterocycles. The standard InChI is InChI=1S/C45H44N3O11PS2/c1-31(59-44(51)57-28-32-17-13-15-25-37(32)47(53)54)41-39(27-40(49)43(61-2)62-3)46(42(41)50)30-60(34-19-7-4-8-20-34,35-21-9-5-10-22-35,36-23-11-6-12-24-36)45(52)58-29-33-18-14-16-26-38(33)48(55)56/h4-26,31,39,41,43H,27-30H2,1-3H3. The normalized spacial score (nSPS) is 16.0. The van der Waals surface area contributed by atoms with Crippen molar-refractivity contribution in [3.8, 4) is 0 Å². The van der Waals surface area contributed by atoms with Crippen molar-refractivity contribution < 1.29 is 43.2 Å². The molecule has 3 atom stereocenters. The summed E-state index contributed by atoms with van der Waals surface area (Å²) in [6.07, 6.45) is 0.869. The Morgan fingerprint density at radius 1 is 0.677 bits per heavy atom.